The Bertz CT molecular complexity index is 311. The van der Waals surface area contributed by atoms with Crippen molar-refractivity contribution in [1.29, 1.82) is 0 Å². The molecule has 0 aromatic heterocycles. The number of carboxylic acids is 1. The van der Waals surface area contributed by atoms with E-state index in [1.54, 1.807) is 0 Å². The van der Waals surface area contributed by atoms with Gasteiger partial charge in [0, 0.05) is 6.42 Å². The molecule has 0 aromatic rings. The number of hydrogen-bond acceptors (Lipinski definition) is 6. The van der Waals surface area contributed by atoms with Crippen molar-refractivity contribution < 1.29 is 33.7 Å². The van der Waals surface area contributed by atoms with Crippen molar-refractivity contribution in [2.24, 2.45) is 0 Å². The number of aliphatic carboxylic acids is 1. The molecule has 0 aliphatic carbocycles. The van der Waals surface area contributed by atoms with E-state index in [-0.39, 0.29) is 26.1 Å². The fourth-order valence-corrected chi connectivity index (χ4v) is 1.39. The van der Waals surface area contributed by atoms with Crippen LogP contribution in [-0.2, 0) is 28.6 Å². The zero-order chi connectivity index (χ0) is 12.2. The second kappa shape index (κ2) is 4.93. The number of methoxy groups -OCH3 is 1. The van der Waals surface area contributed by atoms with Crippen LogP contribution in [0.1, 0.15) is 19.3 Å². The summed E-state index contributed by atoms with van der Waals surface area (Å²) in [5.74, 6) is -2.45. The highest BCUT2D eigenvalue weighted by molar-refractivity contribution is 5.87. The Morgan fingerprint density at radius 3 is 2.69 bits per heavy atom. The van der Waals surface area contributed by atoms with E-state index in [0.29, 0.717) is 0 Å². The smallest absolute Gasteiger partial charge is 0.341 e. The molecule has 1 saturated heterocycles. The van der Waals surface area contributed by atoms with Gasteiger partial charge in [0.15, 0.2) is 12.4 Å². The summed E-state index contributed by atoms with van der Waals surface area (Å²) in [6, 6.07) is 0. The molecule has 1 atom stereocenters. The Morgan fingerprint density at radius 1 is 1.56 bits per heavy atom. The van der Waals surface area contributed by atoms with Gasteiger partial charge in [-0.15, -0.1) is 0 Å². The number of carbonyl (C=O) groups excluding carboxylic acids is 2. The molecule has 16 heavy (non-hydrogen) atoms. The lowest BCUT2D eigenvalue weighted by molar-refractivity contribution is -0.156. The average molecular weight is 232 g/mol. The molecule has 0 unspecified atom stereocenters. The summed E-state index contributed by atoms with van der Waals surface area (Å²) in [5, 5.41) is 8.54. The monoisotopic (exact) mass is 232 g/mol. The van der Waals surface area contributed by atoms with Crippen molar-refractivity contribution >= 4 is 17.9 Å². The van der Waals surface area contributed by atoms with Gasteiger partial charge in [-0.25, -0.2) is 4.79 Å². The van der Waals surface area contributed by atoms with Crippen LogP contribution < -0.4 is 0 Å². The van der Waals surface area contributed by atoms with Gasteiger partial charge in [0.05, 0.1) is 13.5 Å². The average Bonchev–Trinajstić information content (AvgIpc) is 2.58. The largest absolute Gasteiger partial charge is 0.481 e. The summed E-state index contributed by atoms with van der Waals surface area (Å²) in [4.78, 5) is 33.0. The highest BCUT2D eigenvalue weighted by Gasteiger charge is 2.48. The van der Waals surface area contributed by atoms with E-state index in [4.69, 9.17) is 9.84 Å². The van der Waals surface area contributed by atoms with Crippen LogP contribution in [-0.4, -0.2) is 42.5 Å². The van der Waals surface area contributed by atoms with Crippen LogP contribution in [0.5, 0.6) is 0 Å². The molecule has 0 spiro atoms. The van der Waals surface area contributed by atoms with Gasteiger partial charge < -0.3 is 19.3 Å². The number of carboxylic acid groups (broad SMARTS) is 1. The molecule has 90 valence electrons. The van der Waals surface area contributed by atoms with Crippen molar-refractivity contribution in [3.8, 4) is 0 Å². The summed E-state index contributed by atoms with van der Waals surface area (Å²) in [5.41, 5.74) is -1.51. The second-order valence-corrected chi connectivity index (χ2v) is 3.33. The van der Waals surface area contributed by atoms with E-state index < -0.39 is 23.5 Å². The number of esters is 2. The highest BCUT2D eigenvalue weighted by Crippen LogP contribution is 2.29. The molecule has 1 aliphatic heterocycles. The van der Waals surface area contributed by atoms with Gasteiger partial charge in [0.1, 0.15) is 0 Å². The summed E-state index contributed by atoms with van der Waals surface area (Å²) >= 11 is 0. The molecule has 7 nitrogen and oxygen atoms in total. The Balaban J connectivity index is 2.72. The first kappa shape index (κ1) is 12.4. The predicted molar refractivity (Wildman–Crippen MR) is 48.3 cm³/mol. The number of ether oxygens (including phenoxy) is 3. The van der Waals surface area contributed by atoms with E-state index in [2.05, 4.69) is 9.47 Å². The molecule has 0 radical (unpaired) electrons. The molecule has 0 amide bonds. The second-order valence-electron chi connectivity index (χ2n) is 3.33. The summed E-state index contributed by atoms with van der Waals surface area (Å²) in [7, 11) is 1.17. The fourth-order valence-electron chi connectivity index (χ4n) is 1.39. The topological polar surface area (TPSA) is 99.1 Å². The quantitative estimate of drug-likeness (QED) is 0.648. The third kappa shape index (κ3) is 2.69. The Kier molecular flexibility index (Phi) is 3.83. The minimum Gasteiger partial charge on any atom is -0.481 e. The summed E-state index contributed by atoms with van der Waals surface area (Å²) in [6.07, 6.45) is -0.738. The highest BCUT2D eigenvalue weighted by atomic mass is 16.7. The van der Waals surface area contributed by atoms with Gasteiger partial charge in [-0.3, -0.25) is 9.59 Å². The number of cyclic esters (lactones) is 1. The molecule has 7 heteroatoms. The van der Waals surface area contributed by atoms with Crippen LogP contribution >= 0.6 is 0 Å². The molecule has 1 N–H and O–H groups in total. The van der Waals surface area contributed by atoms with Gasteiger partial charge in [-0.05, 0) is 6.42 Å². The number of rotatable bonds is 5. The maximum Gasteiger partial charge on any atom is 0.341 e. The molecular formula is C9H12O7. The summed E-state index contributed by atoms with van der Waals surface area (Å²) < 4.78 is 14.0. The maximum atomic E-state index is 11.4. The van der Waals surface area contributed by atoms with Gasteiger partial charge >= 0.3 is 17.9 Å². The van der Waals surface area contributed by atoms with Crippen molar-refractivity contribution in [3.63, 3.8) is 0 Å². The van der Waals surface area contributed by atoms with Crippen LogP contribution in [0.2, 0.25) is 0 Å². The SMILES string of the molecule is COC(=O)C[C@@]1(CCC(=O)O)OCOC1=O. The molecule has 1 aliphatic rings. The van der Waals surface area contributed by atoms with E-state index in [1.165, 1.54) is 7.11 Å². The Morgan fingerprint density at radius 2 is 2.25 bits per heavy atom. The zero-order valence-corrected chi connectivity index (χ0v) is 8.73. The van der Waals surface area contributed by atoms with Crippen LogP contribution in [0.4, 0.5) is 0 Å². The number of hydrogen-bond donors (Lipinski definition) is 1. The molecule has 0 saturated carbocycles. The zero-order valence-electron chi connectivity index (χ0n) is 8.73. The van der Waals surface area contributed by atoms with Gasteiger partial charge in [-0.1, -0.05) is 0 Å². The minimum atomic E-state index is -1.51. The normalized spacial score (nSPS) is 23.9. The van der Waals surface area contributed by atoms with Crippen molar-refractivity contribution in [2.75, 3.05) is 13.9 Å². The molecule has 0 bridgehead atoms. The predicted octanol–water partition coefficient (Wildman–Crippen LogP) is -0.316. The minimum absolute atomic E-state index is 0.115. The molecular weight excluding hydrogens is 220 g/mol. The fraction of sp³-hybridized carbons (Fsp3) is 0.667. The molecule has 0 aromatic carbocycles. The maximum absolute atomic E-state index is 11.4. The standard InChI is InChI=1S/C9H12O7/c1-14-7(12)4-9(3-2-6(10)11)8(13)15-5-16-9/h2-5H2,1H3,(H,10,11)/t9-/m1/s1. The van der Waals surface area contributed by atoms with E-state index in [0.717, 1.165) is 0 Å². The van der Waals surface area contributed by atoms with E-state index >= 15 is 0 Å². The van der Waals surface area contributed by atoms with Gasteiger partial charge in [-0.2, -0.15) is 0 Å². The molecule has 1 rings (SSSR count). The van der Waals surface area contributed by atoms with Crippen LogP contribution in [0, 0.1) is 0 Å². The lowest BCUT2D eigenvalue weighted by atomic mass is 9.94. The van der Waals surface area contributed by atoms with Crippen LogP contribution in [0.25, 0.3) is 0 Å². The lowest BCUT2D eigenvalue weighted by Crippen LogP contribution is -2.39. The Labute approximate surface area is 91.3 Å². The third-order valence-corrected chi connectivity index (χ3v) is 2.30. The van der Waals surface area contributed by atoms with Crippen molar-refractivity contribution in [1.82, 2.24) is 0 Å². The Hall–Kier alpha value is -1.63. The summed E-state index contributed by atoms with van der Waals surface area (Å²) in [6.45, 7) is -0.268. The van der Waals surface area contributed by atoms with Crippen molar-refractivity contribution in [2.45, 2.75) is 24.9 Å². The van der Waals surface area contributed by atoms with Crippen molar-refractivity contribution in [3.05, 3.63) is 0 Å². The first-order valence-corrected chi connectivity index (χ1v) is 4.60. The first-order valence-electron chi connectivity index (χ1n) is 4.60. The van der Waals surface area contributed by atoms with E-state index in [1.807, 2.05) is 0 Å². The number of carbonyl (C=O) groups is 3. The van der Waals surface area contributed by atoms with Crippen LogP contribution in [0.15, 0.2) is 0 Å². The van der Waals surface area contributed by atoms with E-state index in [9.17, 15) is 14.4 Å². The lowest BCUT2D eigenvalue weighted by Gasteiger charge is -2.21. The third-order valence-electron chi connectivity index (χ3n) is 2.30. The molecule has 1 heterocycles. The van der Waals surface area contributed by atoms with Crippen LogP contribution in [0.3, 0.4) is 0 Å². The molecule has 1 fully saturated rings. The first-order chi connectivity index (χ1) is 7.50. The van der Waals surface area contributed by atoms with Gasteiger partial charge in [0.2, 0.25) is 0 Å². The van der Waals surface area contributed by atoms with Gasteiger partial charge in [0.25, 0.3) is 0 Å².